The molecule has 0 aliphatic carbocycles. The molecular weight excluding hydrogens is 230 g/mol. The van der Waals surface area contributed by atoms with E-state index in [4.69, 9.17) is 11.6 Å². The maximum atomic E-state index is 12.0. The van der Waals surface area contributed by atoms with Crippen LogP contribution < -0.4 is 5.56 Å². The third-order valence-corrected chi connectivity index (χ3v) is 2.71. The van der Waals surface area contributed by atoms with Gasteiger partial charge in [-0.15, -0.1) is 0 Å². The molecule has 0 aliphatic heterocycles. The summed E-state index contributed by atoms with van der Waals surface area (Å²) in [5.74, 6) is 0.389. The van der Waals surface area contributed by atoms with Crippen molar-refractivity contribution in [2.45, 2.75) is 0 Å². The summed E-state index contributed by atoms with van der Waals surface area (Å²) in [5, 5.41) is 12.2. The molecule has 0 N–H and O–H groups in total. The van der Waals surface area contributed by atoms with Gasteiger partial charge in [0.25, 0.3) is 11.3 Å². The number of benzene rings is 1. The Hall–Kier alpha value is -1.95. The van der Waals surface area contributed by atoms with E-state index in [1.54, 1.807) is 25.2 Å². The summed E-state index contributed by atoms with van der Waals surface area (Å²) in [6.07, 6.45) is 0. The Labute approximate surface area is 94.1 Å². The molecule has 0 saturated carbocycles. The maximum absolute atomic E-state index is 12.0. The molecule has 0 fully saturated rings. The molecule has 0 atom stereocenters. The second kappa shape index (κ2) is 3.02. The van der Waals surface area contributed by atoms with Gasteiger partial charge in [0.05, 0.1) is 10.9 Å². The van der Waals surface area contributed by atoms with Gasteiger partial charge in [-0.3, -0.25) is 9.36 Å². The number of rotatable bonds is 0. The van der Waals surface area contributed by atoms with Crippen molar-refractivity contribution in [3.8, 4) is 0 Å². The molecule has 2 aromatic heterocycles. The minimum Gasteiger partial charge on any atom is -0.278 e. The second-order valence-corrected chi connectivity index (χ2v) is 3.85. The average molecular weight is 236 g/mol. The van der Waals surface area contributed by atoms with Crippen LogP contribution in [0.4, 0.5) is 0 Å². The fourth-order valence-electron chi connectivity index (χ4n) is 1.68. The lowest BCUT2D eigenvalue weighted by Gasteiger charge is -2.03. The fraction of sp³-hybridized carbons (Fsp3) is 0.111. The summed E-state index contributed by atoms with van der Waals surface area (Å²) in [7, 11) is 1.63. The second-order valence-electron chi connectivity index (χ2n) is 3.42. The lowest BCUT2D eigenvalue weighted by atomic mass is 10.2. The number of aromatic nitrogens is 5. The van der Waals surface area contributed by atoms with Gasteiger partial charge >= 0.3 is 0 Å². The van der Waals surface area contributed by atoms with Crippen molar-refractivity contribution in [3.63, 3.8) is 0 Å². The Morgan fingerprint density at radius 2 is 2.19 bits per heavy atom. The van der Waals surface area contributed by atoms with Gasteiger partial charge in [0.1, 0.15) is 0 Å². The van der Waals surface area contributed by atoms with Crippen molar-refractivity contribution in [1.29, 1.82) is 0 Å². The summed E-state index contributed by atoms with van der Waals surface area (Å²) in [6.45, 7) is 0. The van der Waals surface area contributed by atoms with Crippen molar-refractivity contribution >= 4 is 28.3 Å². The van der Waals surface area contributed by atoms with Crippen LogP contribution in [0.5, 0.6) is 0 Å². The molecule has 0 saturated heterocycles. The lowest BCUT2D eigenvalue weighted by Crippen LogP contribution is -2.20. The predicted molar refractivity (Wildman–Crippen MR) is 58.5 cm³/mol. The molecule has 0 radical (unpaired) electrons. The summed E-state index contributed by atoms with van der Waals surface area (Å²) in [4.78, 5) is 12.0. The molecule has 0 bridgehead atoms. The van der Waals surface area contributed by atoms with Crippen molar-refractivity contribution in [2.75, 3.05) is 0 Å². The Morgan fingerprint density at radius 1 is 1.38 bits per heavy atom. The van der Waals surface area contributed by atoms with E-state index in [1.165, 1.54) is 9.08 Å². The van der Waals surface area contributed by atoms with E-state index < -0.39 is 0 Å². The zero-order valence-corrected chi connectivity index (χ0v) is 9.01. The smallest absolute Gasteiger partial charge is 0.262 e. The van der Waals surface area contributed by atoms with Gasteiger partial charge in [-0.25, -0.2) is 0 Å². The number of halogens is 1. The van der Waals surface area contributed by atoms with Crippen LogP contribution in [0.25, 0.3) is 16.7 Å². The van der Waals surface area contributed by atoms with Crippen molar-refractivity contribution in [1.82, 2.24) is 24.6 Å². The van der Waals surface area contributed by atoms with Crippen molar-refractivity contribution in [2.24, 2.45) is 7.05 Å². The average Bonchev–Trinajstić information content (AvgIpc) is 2.75. The van der Waals surface area contributed by atoms with Crippen LogP contribution in [0.2, 0.25) is 5.02 Å². The van der Waals surface area contributed by atoms with E-state index in [9.17, 15) is 4.79 Å². The highest BCUT2D eigenvalue weighted by Gasteiger charge is 2.10. The van der Waals surface area contributed by atoms with E-state index in [0.29, 0.717) is 21.7 Å². The molecule has 16 heavy (non-hydrogen) atoms. The van der Waals surface area contributed by atoms with Crippen LogP contribution in [0.3, 0.4) is 0 Å². The highest BCUT2D eigenvalue weighted by molar-refractivity contribution is 6.31. The highest BCUT2D eigenvalue weighted by Crippen LogP contribution is 2.16. The minimum atomic E-state index is -0.144. The SMILES string of the molecule is Cn1c(=O)c2ccc(Cl)cc2n2nnnc12. The molecule has 0 aliphatic rings. The first-order valence-electron chi connectivity index (χ1n) is 4.55. The summed E-state index contributed by atoms with van der Waals surface area (Å²) < 4.78 is 2.89. The van der Waals surface area contributed by atoms with Crippen LogP contribution in [0, 0.1) is 0 Å². The third-order valence-electron chi connectivity index (χ3n) is 2.48. The number of hydrogen-bond acceptors (Lipinski definition) is 4. The first kappa shape index (κ1) is 9.29. The monoisotopic (exact) mass is 235 g/mol. The topological polar surface area (TPSA) is 65.1 Å². The Bertz CT molecular complexity index is 760. The van der Waals surface area contributed by atoms with Crippen molar-refractivity contribution < 1.29 is 0 Å². The quantitative estimate of drug-likeness (QED) is 0.573. The van der Waals surface area contributed by atoms with Crippen LogP contribution in [-0.2, 0) is 7.05 Å². The molecule has 6 nitrogen and oxygen atoms in total. The molecule has 0 amide bonds. The number of hydrogen-bond donors (Lipinski definition) is 0. The summed E-state index contributed by atoms with van der Waals surface area (Å²) in [6, 6.07) is 5.00. The summed E-state index contributed by atoms with van der Waals surface area (Å²) in [5.41, 5.74) is 0.463. The molecular formula is C9H6ClN5O. The first-order chi connectivity index (χ1) is 7.68. The van der Waals surface area contributed by atoms with Crippen LogP contribution in [-0.4, -0.2) is 24.6 Å². The van der Waals surface area contributed by atoms with Gasteiger partial charge in [0.15, 0.2) is 0 Å². The van der Waals surface area contributed by atoms with Crippen LogP contribution in [0.15, 0.2) is 23.0 Å². The van der Waals surface area contributed by atoms with Gasteiger partial charge in [0, 0.05) is 12.1 Å². The molecule has 1 aromatic carbocycles. The van der Waals surface area contributed by atoms with Gasteiger partial charge in [-0.1, -0.05) is 16.7 Å². The van der Waals surface area contributed by atoms with E-state index in [2.05, 4.69) is 15.5 Å². The summed E-state index contributed by atoms with van der Waals surface area (Å²) >= 11 is 5.89. The van der Waals surface area contributed by atoms with Gasteiger partial charge in [0.2, 0.25) is 0 Å². The standard InChI is InChI=1S/C9H6ClN5O/c1-14-8(16)6-3-2-5(10)4-7(6)15-9(14)11-12-13-15/h2-4H,1H3. The van der Waals surface area contributed by atoms with Crippen LogP contribution in [0.1, 0.15) is 0 Å². The Morgan fingerprint density at radius 3 is 3.00 bits per heavy atom. The van der Waals surface area contributed by atoms with E-state index in [-0.39, 0.29) is 5.56 Å². The molecule has 3 rings (SSSR count). The largest absolute Gasteiger partial charge is 0.278 e. The molecule has 0 unspecified atom stereocenters. The molecule has 2 heterocycles. The van der Waals surface area contributed by atoms with Crippen LogP contribution >= 0.6 is 11.6 Å². The number of aryl methyl sites for hydroxylation is 1. The zero-order valence-electron chi connectivity index (χ0n) is 8.25. The highest BCUT2D eigenvalue weighted by atomic mass is 35.5. The van der Waals surface area contributed by atoms with Crippen molar-refractivity contribution in [3.05, 3.63) is 33.6 Å². The van der Waals surface area contributed by atoms with Gasteiger partial charge in [-0.2, -0.15) is 4.52 Å². The first-order valence-corrected chi connectivity index (χ1v) is 4.92. The third kappa shape index (κ3) is 1.07. The van der Waals surface area contributed by atoms with Gasteiger partial charge < -0.3 is 0 Å². The van der Waals surface area contributed by atoms with E-state index >= 15 is 0 Å². The predicted octanol–water partition coefficient (Wildman–Crippen LogP) is 0.630. The molecule has 3 aromatic rings. The zero-order chi connectivity index (χ0) is 11.3. The fourth-order valence-corrected chi connectivity index (χ4v) is 1.85. The number of nitrogens with zero attached hydrogens (tertiary/aromatic N) is 5. The van der Waals surface area contributed by atoms with Gasteiger partial charge in [-0.05, 0) is 28.6 Å². The Balaban J connectivity index is 2.72. The number of tetrazole rings is 1. The normalized spacial score (nSPS) is 11.4. The molecule has 7 heteroatoms. The maximum Gasteiger partial charge on any atom is 0.262 e. The molecule has 0 spiro atoms. The number of fused-ring (bicyclic) bond motifs is 3. The Kier molecular flexibility index (Phi) is 1.75. The minimum absolute atomic E-state index is 0.144. The van der Waals surface area contributed by atoms with E-state index in [1.807, 2.05) is 0 Å². The molecule has 80 valence electrons. The lowest BCUT2D eigenvalue weighted by molar-refractivity contribution is 0.821. The van der Waals surface area contributed by atoms with E-state index in [0.717, 1.165) is 0 Å².